The summed E-state index contributed by atoms with van der Waals surface area (Å²) in [5, 5.41) is 2.14. The van der Waals surface area contributed by atoms with E-state index in [2.05, 4.69) is 35.3 Å². The van der Waals surface area contributed by atoms with Crippen molar-refractivity contribution in [2.45, 2.75) is 26.2 Å². The molecule has 0 aromatic carbocycles. The Morgan fingerprint density at radius 1 is 1.43 bits per heavy atom. The number of hydrazine groups is 1. The normalized spacial score (nSPS) is 18.4. The maximum atomic E-state index is 5.65. The van der Waals surface area contributed by atoms with E-state index in [0.717, 1.165) is 43.4 Å². The molecule has 0 bridgehead atoms. The molecule has 0 radical (unpaired) electrons. The molecule has 1 aromatic heterocycles. The molecule has 0 spiro atoms. The van der Waals surface area contributed by atoms with Gasteiger partial charge in [-0.05, 0) is 18.1 Å². The molecule has 1 aliphatic heterocycles. The Hall–Kier alpha value is -0.750. The van der Waals surface area contributed by atoms with Crippen molar-refractivity contribution in [1.29, 1.82) is 0 Å². The summed E-state index contributed by atoms with van der Waals surface area (Å²) in [5.74, 6) is 0.630. The first-order chi connectivity index (χ1) is 9.72. The molecule has 21 heavy (non-hydrogen) atoms. The maximum Gasteiger partial charge on any atom is 0.0991 e. The van der Waals surface area contributed by atoms with Gasteiger partial charge in [0.1, 0.15) is 0 Å². The number of hydrogen-bond acceptors (Lipinski definition) is 4. The van der Waals surface area contributed by atoms with Crippen molar-refractivity contribution in [3.63, 3.8) is 0 Å². The number of morpholine rings is 1. The predicted molar refractivity (Wildman–Crippen MR) is 91.8 cm³/mol. The minimum Gasteiger partial charge on any atom is -0.379 e. The topological polar surface area (TPSA) is 37.4 Å². The number of ether oxygens (including phenoxy) is 1. The van der Waals surface area contributed by atoms with Crippen LogP contribution in [0.25, 0.3) is 0 Å². The van der Waals surface area contributed by atoms with E-state index in [1.54, 1.807) is 0 Å². The third-order valence-corrected chi connectivity index (χ3v) is 4.13. The highest BCUT2D eigenvalue weighted by molar-refractivity contribution is 7.80. The summed E-state index contributed by atoms with van der Waals surface area (Å²) < 4.78 is 5.36. The molecule has 4 nitrogen and oxygen atoms in total. The lowest BCUT2D eigenvalue weighted by Crippen LogP contribution is -2.49. The van der Waals surface area contributed by atoms with Crippen molar-refractivity contribution in [2.75, 3.05) is 26.3 Å². The third-order valence-electron chi connectivity index (χ3n) is 3.78. The third kappa shape index (κ3) is 5.18. The van der Waals surface area contributed by atoms with Crippen LogP contribution in [0.4, 0.5) is 0 Å². The standard InChI is InChI=1S/C15H23N3OS.ClH/c1-3-12(2)14(13-6-4-5-7-16-13)15(20)17-18-8-10-19-11-9-18;/h4-7,12,14H,3,8-11H2,1-2H3,(H,17,20);1H. The van der Waals surface area contributed by atoms with Gasteiger partial charge in [0.05, 0.1) is 29.8 Å². The summed E-state index contributed by atoms with van der Waals surface area (Å²) in [5.41, 5.74) is 4.43. The first-order valence-electron chi connectivity index (χ1n) is 7.26. The van der Waals surface area contributed by atoms with Crippen molar-refractivity contribution in [3.8, 4) is 0 Å². The highest BCUT2D eigenvalue weighted by Crippen LogP contribution is 2.26. The maximum absolute atomic E-state index is 5.65. The molecule has 0 amide bonds. The zero-order chi connectivity index (χ0) is 14.4. The van der Waals surface area contributed by atoms with Crippen LogP contribution in [-0.2, 0) is 4.74 Å². The lowest BCUT2D eigenvalue weighted by atomic mass is 9.88. The minimum atomic E-state index is 0. The van der Waals surface area contributed by atoms with Gasteiger partial charge in [-0.15, -0.1) is 12.4 Å². The highest BCUT2D eigenvalue weighted by Gasteiger charge is 2.25. The Labute approximate surface area is 138 Å². The molecule has 1 aromatic rings. The Balaban J connectivity index is 0.00000220. The van der Waals surface area contributed by atoms with Crippen molar-refractivity contribution in [2.24, 2.45) is 5.92 Å². The smallest absolute Gasteiger partial charge is 0.0991 e. The Morgan fingerprint density at radius 2 is 2.14 bits per heavy atom. The quantitative estimate of drug-likeness (QED) is 0.841. The number of hydrogen-bond donors (Lipinski definition) is 1. The fourth-order valence-corrected chi connectivity index (χ4v) is 2.86. The van der Waals surface area contributed by atoms with Crippen LogP contribution in [0.3, 0.4) is 0 Å². The van der Waals surface area contributed by atoms with E-state index >= 15 is 0 Å². The molecule has 2 rings (SSSR count). The van der Waals surface area contributed by atoms with Crippen molar-refractivity contribution in [3.05, 3.63) is 30.1 Å². The van der Waals surface area contributed by atoms with Gasteiger partial charge < -0.3 is 10.2 Å². The Morgan fingerprint density at radius 3 is 2.71 bits per heavy atom. The van der Waals surface area contributed by atoms with Crippen LogP contribution in [0.2, 0.25) is 0 Å². The lowest BCUT2D eigenvalue weighted by molar-refractivity contribution is 0.0245. The van der Waals surface area contributed by atoms with Crippen LogP contribution >= 0.6 is 24.6 Å². The van der Waals surface area contributed by atoms with E-state index in [0.29, 0.717) is 5.92 Å². The van der Waals surface area contributed by atoms with Gasteiger partial charge in [-0.2, -0.15) is 0 Å². The second kappa shape index (κ2) is 9.30. The largest absolute Gasteiger partial charge is 0.379 e. The summed E-state index contributed by atoms with van der Waals surface area (Å²) >= 11 is 5.65. The summed E-state index contributed by atoms with van der Waals surface area (Å²) in [4.78, 5) is 5.35. The van der Waals surface area contributed by atoms with E-state index in [-0.39, 0.29) is 18.3 Å². The molecule has 6 heteroatoms. The average Bonchev–Trinajstić information content (AvgIpc) is 2.49. The Kier molecular flexibility index (Phi) is 8.11. The average molecular weight is 330 g/mol. The predicted octanol–water partition coefficient (Wildman–Crippen LogP) is 2.80. The summed E-state index contributed by atoms with van der Waals surface area (Å²) in [6, 6.07) is 6.02. The molecular weight excluding hydrogens is 306 g/mol. The van der Waals surface area contributed by atoms with Gasteiger partial charge in [-0.1, -0.05) is 38.6 Å². The van der Waals surface area contributed by atoms with Gasteiger partial charge in [0, 0.05) is 19.3 Å². The molecular formula is C15H24ClN3OS. The Bertz CT molecular complexity index is 426. The van der Waals surface area contributed by atoms with E-state index in [1.807, 2.05) is 18.3 Å². The monoisotopic (exact) mass is 329 g/mol. The van der Waals surface area contributed by atoms with Crippen LogP contribution in [0, 0.1) is 5.92 Å². The van der Waals surface area contributed by atoms with E-state index in [1.165, 1.54) is 0 Å². The molecule has 2 atom stereocenters. The first-order valence-corrected chi connectivity index (χ1v) is 7.67. The second-order valence-corrected chi connectivity index (χ2v) is 5.63. The van der Waals surface area contributed by atoms with Gasteiger partial charge in [-0.25, -0.2) is 5.01 Å². The fraction of sp³-hybridized carbons (Fsp3) is 0.600. The molecule has 2 unspecified atom stereocenters. The molecule has 0 aliphatic carbocycles. The van der Waals surface area contributed by atoms with Crippen LogP contribution < -0.4 is 5.43 Å². The fourth-order valence-electron chi connectivity index (χ4n) is 2.38. The van der Waals surface area contributed by atoms with Crippen LogP contribution in [0.1, 0.15) is 31.9 Å². The molecule has 2 heterocycles. The second-order valence-electron chi connectivity index (χ2n) is 5.19. The van der Waals surface area contributed by atoms with Gasteiger partial charge in [0.15, 0.2) is 0 Å². The van der Waals surface area contributed by atoms with Gasteiger partial charge >= 0.3 is 0 Å². The number of rotatable bonds is 5. The number of nitrogens with one attached hydrogen (secondary N) is 1. The number of nitrogens with zero attached hydrogens (tertiary/aromatic N) is 2. The van der Waals surface area contributed by atoms with Gasteiger partial charge in [0.25, 0.3) is 0 Å². The van der Waals surface area contributed by atoms with Crippen molar-refractivity contribution < 1.29 is 4.74 Å². The number of thiocarbonyl (C=S) groups is 1. The van der Waals surface area contributed by atoms with Crippen LogP contribution in [-0.4, -0.2) is 41.3 Å². The summed E-state index contributed by atoms with van der Waals surface area (Å²) in [7, 11) is 0. The molecule has 1 N–H and O–H groups in total. The molecule has 118 valence electrons. The van der Waals surface area contributed by atoms with Crippen molar-refractivity contribution >= 4 is 29.6 Å². The molecule has 1 saturated heterocycles. The van der Waals surface area contributed by atoms with E-state index in [4.69, 9.17) is 17.0 Å². The van der Waals surface area contributed by atoms with Gasteiger partial charge in [-0.3, -0.25) is 4.98 Å². The summed E-state index contributed by atoms with van der Waals surface area (Å²) in [6.07, 6.45) is 2.91. The zero-order valence-electron chi connectivity index (χ0n) is 12.6. The van der Waals surface area contributed by atoms with Gasteiger partial charge in [0.2, 0.25) is 0 Å². The van der Waals surface area contributed by atoms with E-state index < -0.39 is 0 Å². The van der Waals surface area contributed by atoms with Crippen LogP contribution in [0.15, 0.2) is 24.4 Å². The molecule has 1 aliphatic rings. The molecule has 1 fully saturated rings. The highest BCUT2D eigenvalue weighted by atomic mass is 35.5. The van der Waals surface area contributed by atoms with Crippen molar-refractivity contribution in [1.82, 2.24) is 15.4 Å². The lowest BCUT2D eigenvalue weighted by Gasteiger charge is -2.32. The number of pyridine rings is 1. The minimum absolute atomic E-state index is 0. The van der Waals surface area contributed by atoms with E-state index in [9.17, 15) is 0 Å². The number of halogens is 1. The van der Waals surface area contributed by atoms with Crippen LogP contribution in [0.5, 0.6) is 0 Å². The number of aromatic nitrogens is 1. The molecule has 0 saturated carbocycles. The summed E-state index contributed by atoms with van der Waals surface area (Å²) in [6.45, 7) is 7.68. The first kappa shape index (κ1) is 18.3. The SMILES string of the molecule is CCC(C)C(C(=S)NN1CCOCC1)c1ccccn1.Cl. The zero-order valence-corrected chi connectivity index (χ0v) is 14.3.